The molecule has 5 fully saturated rings. The van der Waals surface area contributed by atoms with Crippen LogP contribution in [0.3, 0.4) is 0 Å². The van der Waals surface area contributed by atoms with Crippen molar-refractivity contribution in [1.82, 2.24) is 34.4 Å². The van der Waals surface area contributed by atoms with Crippen LogP contribution in [-0.4, -0.2) is 79.7 Å². The van der Waals surface area contributed by atoms with E-state index in [1.807, 2.05) is 20.8 Å². The van der Waals surface area contributed by atoms with Gasteiger partial charge in [0.05, 0.1) is 6.04 Å². The van der Waals surface area contributed by atoms with Gasteiger partial charge in [-0.15, -0.1) is 0 Å². The Balaban J connectivity index is 0.838. The molecule has 0 bridgehead atoms. The first-order valence-corrected chi connectivity index (χ1v) is 13.4. The van der Waals surface area contributed by atoms with E-state index in [4.69, 9.17) is 0 Å². The summed E-state index contributed by atoms with van der Waals surface area (Å²) in [6, 6.07) is 3.17. The Morgan fingerprint density at radius 2 is 1.65 bits per heavy atom. The van der Waals surface area contributed by atoms with Gasteiger partial charge in [-0.25, -0.2) is 14.5 Å². The molecule has 3 aliphatic heterocycles. The van der Waals surface area contributed by atoms with E-state index in [2.05, 4.69) is 20.0 Å². The second-order valence-corrected chi connectivity index (χ2v) is 12.2. The highest BCUT2D eigenvalue weighted by Gasteiger charge is 2.57. The molecule has 0 N–H and O–H groups in total. The molecule has 198 valence electrons. The zero-order valence-electron chi connectivity index (χ0n) is 20.8. The predicted octanol–water partition coefficient (Wildman–Crippen LogP) is 3.92. The van der Waals surface area contributed by atoms with Gasteiger partial charge in [0.25, 0.3) is 0 Å². The van der Waals surface area contributed by atoms with Gasteiger partial charge >= 0.3 is 12.2 Å². The minimum absolute atomic E-state index is 0.176. The molecule has 0 atom stereocenters. The van der Waals surface area contributed by atoms with Gasteiger partial charge in [-0.3, -0.25) is 9.88 Å². The van der Waals surface area contributed by atoms with Crippen LogP contribution in [0.5, 0.6) is 0 Å². The number of halogens is 3. The molecule has 7 rings (SSSR count). The Kier molecular flexibility index (Phi) is 5.16. The minimum Gasteiger partial charge on any atom is -0.323 e. The molecule has 5 aliphatic rings. The highest BCUT2D eigenvalue weighted by atomic mass is 19.4. The summed E-state index contributed by atoms with van der Waals surface area (Å²) in [5, 5.41) is 4.68. The van der Waals surface area contributed by atoms with E-state index in [1.54, 1.807) is 0 Å². The van der Waals surface area contributed by atoms with Gasteiger partial charge in [-0.2, -0.15) is 18.3 Å². The van der Waals surface area contributed by atoms with E-state index < -0.39 is 11.9 Å². The van der Waals surface area contributed by atoms with Crippen molar-refractivity contribution in [1.29, 1.82) is 0 Å². The van der Waals surface area contributed by atoms with Crippen molar-refractivity contribution in [3.8, 4) is 0 Å². The third-order valence-electron chi connectivity index (χ3n) is 9.26. The SMILES string of the molecule is O=C(N1CC2(CCN(Cc3ccc(C(F)(F)F)nc3)CC2)C1)N1CC2(CC(n3cnc(C4CC4)n3)C2)C1. The molecule has 2 saturated carbocycles. The smallest absolute Gasteiger partial charge is 0.323 e. The van der Waals surface area contributed by atoms with E-state index in [0.29, 0.717) is 18.5 Å². The van der Waals surface area contributed by atoms with E-state index in [-0.39, 0.29) is 16.9 Å². The van der Waals surface area contributed by atoms with E-state index >= 15 is 0 Å². The molecule has 37 heavy (non-hydrogen) atoms. The maximum Gasteiger partial charge on any atom is 0.433 e. The van der Waals surface area contributed by atoms with Crippen LogP contribution in [0.1, 0.15) is 67.6 Å². The zero-order chi connectivity index (χ0) is 25.4. The first-order chi connectivity index (χ1) is 17.7. The maximum absolute atomic E-state index is 13.0. The van der Waals surface area contributed by atoms with Crippen LogP contribution in [0.25, 0.3) is 0 Å². The molecule has 2 aliphatic carbocycles. The molecular weight excluding hydrogens is 483 g/mol. The monoisotopic (exact) mass is 515 g/mol. The van der Waals surface area contributed by atoms with Crippen LogP contribution in [0.15, 0.2) is 24.7 Å². The Hall–Kier alpha value is -2.69. The summed E-state index contributed by atoms with van der Waals surface area (Å²) in [6.07, 6.45) is 5.43. The number of nitrogens with zero attached hydrogens (tertiary/aromatic N) is 7. The molecule has 2 amide bonds. The van der Waals surface area contributed by atoms with Gasteiger partial charge in [0.1, 0.15) is 12.0 Å². The van der Waals surface area contributed by atoms with Gasteiger partial charge < -0.3 is 9.80 Å². The molecule has 0 unspecified atom stereocenters. The summed E-state index contributed by atoms with van der Waals surface area (Å²) in [6.45, 7) is 5.73. The highest BCUT2D eigenvalue weighted by molar-refractivity contribution is 5.76. The minimum atomic E-state index is -4.40. The van der Waals surface area contributed by atoms with Crippen LogP contribution in [0.2, 0.25) is 0 Å². The first-order valence-electron chi connectivity index (χ1n) is 13.4. The summed E-state index contributed by atoms with van der Waals surface area (Å²) in [7, 11) is 0. The van der Waals surface area contributed by atoms with Crippen LogP contribution in [0.4, 0.5) is 18.0 Å². The van der Waals surface area contributed by atoms with Crippen molar-refractivity contribution in [2.75, 3.05) is 39.3 Å². The average molecular weight is 516 g/mol. The lowest BCUT2D eigenvalue weighted by atomic mass is 9.60. The van der Waals surface area contributed by atoms with Crippen molar-refractivity contribution in [3.63, 3.8) is 0 Å². The lowest BCUT2D eigenvalue weighted by Gasteiger charge is -2.61. The Bertz CT molecular complexity index is 1160. The van der Waals surface area contributed by atoms with Gasteiger partial charge in [-0.1, -0.05) is 6.07 Å². The number of amides is 2. The maximum atomic E-state index is 13.0. The summed E-state index contributed by atoms with van der Waals surface area (Å²) >= 11 is 0. The van der Waals surface area contributed by atoms with Crippen molar-refractivity contribution in [3.05, 3.63) is 41.7 Å². The zero-order valence-corrected chi connectivity index (χ0v) is 20.8. The number of likely N-dealkylation sites (tertiary alicyclic amines) is 3. The number of pyridine rings is 1. The number of piperidine rings is 1. The van der Waals surface area contributed by atoms with Crippen molar-refractivity contribution in [2.24, 2.45) is 10.8 Å². The second-order valence-electron chi connectivity index (χ2n) is 12.2. The van der Waals surface area contributed by atoms with Crippen LogP contribution >= 0.6 is 0 Å². The summed E-state index contributed by atoms with van der Waals surface area (Å²) in [4.78, 5) is 27.4. The quantitative estimate of drug-likeness (QED) is 0.617. The number of alkyl halides is 3. The number of hydrogen-bond donors (Lipinski definition) is 0. The molecule has 3 saturated heterocycles. The molecule has 2 aromatic heterocycles. The van der Waals surface area contributed by atoms with Gasteiger partial charge in [0.15, 0.2) is 5.82 Å². The second kappa shape index (κ2) is 8.15. The van der Waals surface area contributed by atoms with Crippen LogP contribution in [-0.2, 0) is 12.7 Å². The molecule has 2 spiro atoms. The third-order valence-corrected chi connectivity index (χ3v) is 9.26. The highest BCUT2D eigenvalue weighted by Crippen LogP contribution is 2.54. The fourth-order valence-corrected chi connectivity index (χ4v) is 6.82. The number of aromatic nitrogens is 4. The first kappa shape index (κ1) is 23.4. The number of rotatable bonds is 4. The van der Waals surface area contributed by atoms with E-state index in [1.165, 1.54) is 25.1 Å². The molecule has 0 radical (unpaired) electrons. The molecule has 5 heterocycles. The molecule has 0 aromatic carbocycles. The van der Waals surface area contributed by atoms with Gasteiger partial charge in [-0.05, 0) is 63.2 Å². The summed E-state index contributed by atoms with van der Waals surface area (Å²) in [5.74, 6) is 1.58. The normalized spacial score (nSPS) is 25.2. The third kappa shape index (κ3) is 4.28. The van der Waals surface area contributed by atoms with E-state index in [9.17, 15) is 18.0 Å². The number of urea groups is 1. The largest absolute Gasteiger partial charge is 0.433 e. The lowest BCUT2D eigenvalue weighted by molar-refractivity contribution is -0.141. The van der Waals surface area contributed by atoms with Crippen LogP contribution in [0, 0.1) is 10.8 Å². The summed E-state index contributed by atoms with van der Waals surface area (Å²) in [5.41, 5.74) is 0.413. The fourth-order valence-electron chi connectivity index (χ4n) is 6.82. The Morgan fingerprint density at radius 1 is 0.973 bits per heavy atom. The van der Waals surface area contributed by atoms with Crippen molar-refractivity contribution < 1.29 is 18.0 Å². The number of carbonyl (C=O) groups excluding carboxylic acids is 1. The molecular formula is C26H32F3N7O. The topological polar surface area (TPSA) is 70.4 Å². The van der Waals surface area contributed by atoms with Crippen molar-refractivity contribution >= 4 is 6.03 Å². The van der Waals surface area contributed by atoms with Gasteiger partial charge in [0, 0.05) is 55.7 Å². The number of hydrogen-bond acceptors (Lipinski definition) is 5. The predicted molar refractivity (Wildman–Crippen MR) is 127 cm³/mol. The average Bonchev–Trinajstić information content (AvgIpc) is 3.53. The van der Waals surface area contributed by atoms with E-state index in [0.717, 1.165) is 82.4 Å². The molecule has 11 heteroatoms. The van der Waals surface area contributed by atoms with Gasteiger partial charge in [0.2, 0.25) is 0 Å². The standard InChI is InChI=1S/C26H32F3N7O/c27-26(28,29)21-4-1-18(11-30-21)12-33-7-5-24(6-8-33)13-34(14-24)23(37)35-15-25(16-35)9-20(10-25)36-17-31-22(32-36)19-2-3-19/h1,4,11,17,19-20H,2-3,5-10,12-16H2. The Morgan fingerprint density at radius 3 is 2.24 bits per heavy atom. The number of carbonyl (C=O) groups is 1. The van der Waals surface area contributed by atoms with Crippen LogP contribution < -0.4 is 0 Å². The lowest BCUT2D eigenvalue weighted by Crippen LogP contribution is -2.70. The summed E-state index contributed by atoms with van der Waals surface area (Å²) < 4.78 is 40.2. The van der Waals surface area contributed by atoms with Crippen molar-refractivity contribution in [2.45, 2.75) is 63.2 Å². The molecule has 2 aromatic rings. The fraction of sp³-hybridized carbons (Fsp3) is 0.692. The molecule has 8 nitrogen and oxygen atoms in total. The Labute approximate surface area is 213 Å².